The Labute approximate surface area is 577 Å². The smallest absolute Gasteiger partial charge is 0.178 e. The molecule has 0 saturated carbocycles. The first-order valence-corrected chi connectivity index (χ1v) is 33.0. The maximum absolute atomic E-state index is 8.42. The summed E-state index contributed by atoms with van der Waals surface area (Å²) in [6, 6.07) is 56.9. The van der Waals surface area contributed by atoms with Crippen LogP contribution in [0.3, 0.4) is 0 Å². The Morgan fingerprint density at radius 3 is 1.09 bits per heavy atom. The quantitative estimate of drug-likeness (QED) is 0.151. The zero-order valence-electron chi connectivity index (χ0n) is 64.3. The number of hydrogen-bond donors (Lipinski definition) is 0. The van der Waals surface area contributed by atoms with Crippen LogP contribution >= 0.6 is 0 Å². The van der Waals surface area contributed by atoms with Gasteiger partial charge >= 0.3 is 0 Å². The van der Waals surface area contributed by atoms with Gasteiger partial charge in [0.1, 0.15) is 47.0 Å². The van der Waals surface area contributed by atoms with Gasteiger partial charge < -0.3 is 52.0 Å². The highest BCUT2D eigenvalue weighted by Crippen LogP contribution is 2.50. The molecule has 0 spiro atoms. The Hall–Kier alpha value is -11.1. The van der Waals surface area contributed by atoms with Gasteiger partial charge in [-0.3, -0.25) is 4.90 Å². The van der Waals surface area contributed by atoms with E-state index in [-0.39, 0.29) is 24.7 Å². The molecule has 9 aromatic carbocycles. The van der Waals surface area contributed by atoms with Crippen LogP contribution in [0.2, 0.25) is 0 Å². The van der Waals surface area contributed by atoms with E-state index in [1.165, 1.54) is 17.4 Å². The topological polar surface area (TPSA) is 104 Å². The predicted octanol–water partition coefficient (Wildman–Crippen LogP) is 21.3. The number of aromatic nitrogens is 2. The third-order valence-electron chi connectivity index (χ3n) is 19.3. The summed E-state index contributed by atoms with van der Waals surface area (Å²) in [5.74, 6) is 1.69. The third-order valence-corrected chi connectivity index (χ3v) is 19.3. The number of para-hydroxylation sites is 5. The van der Waals surface area contributed by atoms with Crippen molar-refractivity contribution >= 4 is 128 Å². The number of hydrogen-bond acceptors (Lipinski definition) is 14. The highest BCUT2D eigenvalue weighted by molar-refractivity contribution is 6.13. The third kappa shape index (κ3) is 10.6. The summed E-state index contributed by atoms with van der Waals surface area (Å²) < 4.78 is 87.9. The second-order valence-electron chi connectivity index (χ2n) is 25.5. The minimum absolute atomic E-state index is 0.0117. The zero-order chi connectivity index (χ0) is 73.9. The molecule has 0 aliphatic carbocycles. The summed E-state index contributed by atoms with van der Waals surface area (Å²) in [5.41, 5.74) is 16.2. The van der Waals surface area contributed by atoms with Crippen molar-refractivity contribution in [3.8, 4) is 0 Å². The van der Waals surface area contributed by atoms with E-state index in [2.05, 4.69) is 120 Å². The number of fused-ring (bicyclic) bond motifs is 13. The molecule has 9 heterocycles. The van der Waals surface area contributed by atoms with Gasteiger partial charge in [-0.15, -0.1) is 0 Å². The summed E-state index contributed by atoms with van der Waals surface area (Å²) in [7, 11) is 0. The minimum Gasteiger partial charge on any atom is -0.454 e. The lowest BCUT2D eigenvalue weighted by Gasteiger charge is -2.33. The van der Waals surface area contributed by atoms with Gasteiger partial charge in [0.15, 0.2) is 34.0 Å². The fourth-order valence-corrected chi connectivity index (χ4v) is 14.4. The van der Waals surface area contributed by atoms with Crippen molar-refractivity contribution in [1.29, 1.82) is 0 Å². The highest BCUT2D eigenvalue weighted by atomic mass is 16.3. The van der Waals surface area contributed by atoms with Gasteiger partial charge in [0.25, 0.3) is 0 Å². The molecule has 4 aliphatic heterocycles. The first-order chi connectivity index (χ1) is 50.1. The maximum Gasteiger partial charge on any atom is 0.178 e. The second kappa shape index (κ2) is 24.9. The molecule has 0 N–H and O–H groups in total. The van der Waals surface area contributed by atoms with Crippen molar-refractivity contribution < 1.29 is 28.6 Å². The molecule has 5 unspecified atom stereocenters. The average molecular weight is 1290 g/mol. The lowest BCUT2D eigenvalue weighted by Crippen LogP contribution is -2.39. The molecule has 14 nitrogen and oxygen atoms in total. The molecule has 14 heteroatoms. The normalized spacial score (nSPS) is 19.6. The van der Waals surface area contributed by atoms with Crippen molar-refractivity contribution in [2.75, 3.05) is 31.5 Å². The molecule has 5 aromatic heterocycles. The van der Waals surface area contributed by atoms with E-state index in [0.717, 1.165) is 145 Å². The fraction of sp³-hybridized carbons (Fsp3) is 0.229. The van der Waals surface area contributed by atoms with Gasteiger partial charge in [-0.05, 0) is 142 Å². The minimum atomic E-state index is -2.43. The maximum atomic E-state index is 8.42. The van der Waals surface area contributed by atoms with Crippen LogP contribution in [0.4, 0.5) is 40.1 Å². The lowest BCUT2D eigenvalue weighted by molar-refractivity contribution is 0.263. The summed E-state index contributed by atoms with van der Waals surface area (Å²) in [6.07, 6.45) is 13.9. The highest BCUT2D eigenvalue weighted by Gasteiger charge is 2.40. The molecule has 488 valence electrons. The molecular formula is C83H82N10O4. The van der Waals surface area contributed by atoms with Crippen LogP contribution in [-0.4, -0.2) is 68.3 Å². The van der Waals surface area contributed by atoms with Crippen molar-refractivity contribution in [2.24, 2.45) is 0 Å². The SMILES string of the molecule is Cc1ccc2c(oc3ccccc32)c1N1c2nccnc2N(c2ccccc2)C1C.[2H]C(C)(C)N1C=CN(c2c(C)ccc3c2oc2ccccc23)C1C.[2H]C([2H])([2H])C([2H])(C)N1C=CN(c2c(C)ccc3c2oc2ccccc23)C1C.[2H]C([2H])([2H])N1C=CN(c2c(C)ccc3c2oc2ccccc23)C1C. The molecule has 0 saturated heterocycles. The van der Waals surface area contributed by atoms with E-state index in [0.29, 0.717) is 0 Å². The molecule has 4 aliphatic rings. The van der Waals surface area contributed by atoms with Crippen LogP contribution in [0.25, 0.3) is 87.8 Å². The Bertz CT molecular complexity index is 5600. The van der Waals surface area contributed by atoms with E-state index in [1.807, 2.05) is 184 Å². The molecular weight excluding hydrogens is 1200 g/mol. The Balaban J connectivity index is 0.000000113. The van der Waals surface area contributed by atoms with Gasteiger partial charge in [-0.2, -0.15) is 0 Å². The molecule has 0 amide bonds. The van der Waals surface area contributed by atoms with Crippen LogP contribution < -0.4 is 24.5 Å². The Morgan fingerprint density at radius 2 is 0.711 bits per heavy atom. The van der Waals surface area contributed by atoms with Gasteiger partial charge in [0.2, 0.25) is 0 Å². The predicted molar refractivity (Wildman–Crippen MR) is 401 cm³/mol. The summed E-state index contributed by atoms with van der Waals surface area (Å²) in [5, 5.41) is 8.69. The van der Waals surface area contributed by atoms with Gasteiger partial charge in [-0.25, -0.2) is 9.97 Å². The lowest BCUT2D eigenvalue weighted by atomic mass is 10.1. The van der Waals surface area contributed by atoms with Crippen LogP contribution in [-0.2, 0) is 0 Å². The molecule has 5 atom stereocenters. The molecule has 0 radical (unpaired) electrons. The average Bonchev–Trinajstić information content (AvgIpc) is 1.59. The van der Waals surface area contributed by atoms with Crippen molar-refractivity contribution in [2.45, 2.75) is 120 Å². The van der Waals surface area contributed by atoms with E-state index in [9.17, 15) is 0 Å². The monoisotopic (exact) mass is 1290 g/mol. The number of nitrogens with zero attached hydrogens (tertiary/aromatic N) is 10. The number of rotatable bonds is 7. The first-order valence-electron chi connectivity index (χ1n) is 37.0. The van der Waals surface area contributed by atoms with E-state index in [1.54, 1.807) is 29.7 Å². The van der Waals surface area contributed by atoms with Gasteiger partial charge in [0, 0.05) is 126 Å². The van der Waals surface area contributed by atoms with Crippen LogP contribution in [0, 0.1) is 27.7 Å². The summed E-state index contributed by atoms with van der Waals surface area (Å²) in [4.78, 5) is 25.0. The molecule has 14 aromatic rings. The second-order valence-corrected chi connectivity index (χ2v) is 25.5. The van der Waals surface area contributed by atoms with E-state index < -0.39 is 25.9 Å². The van der Waals surface area contributed by atoms with Crippen LogP contribution in [0.15, 0.2) is 243 Å². The number of anilines is 7. The molecule has 0 fully saturated rings. The molecule has 97 heavy (non-hydrogen) atoms. The zero-order valence-corrected chi connectivity index (χ0v) is 56.3. The van der Waals surface area contributed by atoms with E-state index in [4.69, 9.17) is 33.6 Å². The van der Waals surface area contributed by atoms with Crippen molar-refractivity contribution in [1.82, 2.24) is 24.7 Å². The Morgan fingerprint density at radius 1 is 0.361 bits per heavy atom. The van der Waals surface area contributed by atoms with E-state index >= 15 is 0 Å². The molecule has 18 rings (SSSR count). The van der Waals surface area contributed by atoms with Crippen molar-refractivity contribution in [3.05, 3.63) is 248 Å². The number of furan rings is 4. The molecule has 0 bridgehead atoms. The standard InChI is InChI=1S/C25H20N4O.2C20H22N2O.C18H18N2O/c1-16-12-13-20-19-10-6-7-11-21(19)30-23(20)22(16)29-17(2)28(18-8-4-3-5-9-18)24-25(29)27-15-14-26-24;2*1-13(2)21-11-12-22(15(21)4)19-14(3)9-10-17-16-7-5-6-8-18(16)23-20(17)19;1-12-8-9-15-14-6-4-5-7-16(14)21-18(15)17(12)20-11-10-19(3)13(20)2/h3-15,17H,1-2H3;2*5-13,15H,1-4H3;4-11,13H,1-3H3/i;1D3,13D;13D;3D3. The Kier molecular flexibility index (Phi) is 13.6. The summed E-state index contributed by atoms with van der Waals surface area (Å²) >= 11 is 0. The number of aryl methyl sites for hydroxylation is 4. The van der Waals surface area contributed by atoms with Crippen molar-refractivity contribution in [3.63, 3.8) is 0 Å². The van der Waals surface area contributed by atoms with Gasteiger partial charge in [-0.1, -0.05) is 140 Å². The van der Waals surface area contributed by atoms with Gasteiger partial charge in [0.05, 0.1) is 25.5 Å². The van der Waals surface area contributed by atoms with Crippen LogP contribution in [0.1, 0.15) is 88.5 Å². The fourth-order valence-electron chi connectivity index (χ4n) is 14.4. The first kappa shape index (κ1) is 53.2. The van der Waals surface area contributed by atoms with Crippen LogP contribution in [0.5, 0.6) is 0 Å². The number of benzene rings is 9. The largest absolute Gasteiger partial charge is 0.454 e. The summed E-state index contributed by atoms with van der Waals surface area (Å²) in [6.45, 7) is 17.0.